The predicted octanol–water partition coefficient (Wildman–Crippen LogP) is 2.69. The largest absolute Gasteiger partial charge is 0.465 e. The van der Waals surface area contributed by atoms with Crippen molar-refractivity contribution in [1.82, 2.24) is 5.32 Å². The Bertz CT molecular complexity index is 913. The van der Waals surface area contributed by atoms with Crippen LogP contribution < -0.4 is 15.9 Å². The lowest BCUT2D eigenvalue weighted by atomic mass is 9.90. The van der Waals surface area contributed by atoms with E-state index in [1.54, 1.807) is 43.3 Å². The Labute approximate surface area is 136 Å². The van der Waals surface area contributed by atoms with Crippen LogP contribution in [0, 0.1) is 5.82 Å². The van der Waals surface area contributed by atoms with E-state index in [1.165, 1.54) is 6.07 Å². The predicted molar refractivity (Wildman–Crippen MR) is 85.3 cm³/mol. The summed E-state index contributed by atoms with van der Waals surface area (Å²) in [5, 5.41) is 13.4. The first kappa shape index (κ1) is 15.5. The summed E-state index contributed by atoms with van der Waals surface area (Å²) in [5.41, 5.74) is -0.438. The van der Waals surface area contributed by atoms with Gasteiger partial charge in [-0.1, -0.05) is 36.7 Å². The molecule has 0 saturated carbocycles. The first-order chi connectivity index (χ1) is 11.0. The summed E-state index contributed by atoms with van der Waals surface area (Å²) >= 11 is 6.07. The summed E-state index contributed by atoms with van der Waals surface area (Å²) in [5.74, 6) is -0.435. The van der Waals surface area contributed by atoms with Gasteiger partial charge in [0.1, 0.15) is 5.82 Å². The third kappa shape index (κ3) is 2.57. The number of hydrogen-bond acceptors (Lipinski definition) is 2. The van der Waals surface area contributed by atoms with E-state index in [1.807, 2.05) is 0 Å². The van der Waals surface area contributed by atoms with Crippen LogP contribution in [-0.2, 0) is 0 Å². The van der Waals surface area contributed by atoms with Gasteiger partial charge in [0.2, 0.25) is 0 Å². The van der Waals surface area contributed by atoms with E-state index >= 15 is 0 Å². The van der Waals surface area contributed by atoms with Crippen LogP contribution in [0.5, 0.6) is 0 Å². The van der Waals surface area contributed by atoms with E-state index in [9.17, 15) is 14.3 Å². The topological polar surface area (TPSA) is 61.7 Å². The fraction of sp³-hybridized carbons (Fsp3) is 0.176. The fourth-order valence-corrected chi connectivity index (χ4v) is 3.11. The minimum Gasteiger partial charge on any atom is -0.465 e. The van der Waals surface area contributed by atoms with E-state index < -0.39 is 17.6 Å². The Balaban J connectivity index is 2.41. The summed E-state index contributed by atoms with van der Waals surface area (Å²) in [6, 6.07) is 11.3. The van der Waals surface area contributed by atoms with Crippen LogP contribution in [0.4, 0.5) is 9.18 Å². The highest BCUT2D eigenvalue weighted by molar-refractivity contribution is 6.30. The van der Waals surface area contributed by atoms with Crippen LogP contribution >= 0.6 is 11.6 Å². The second-order valence-corrected chi connectivity index (χ2v) is 5.71. The van der Waals surface area contributed by atoms with Crippen LogP contribution in [0.15, 0.2) is 47.5 Å². The van der Waals surface area contributed by atoms with Crippen LogP contribution in [-0.4, -0.2) is 16.9 Å². The summed E-state index contributed by atoms with van der Waals surface area (Å²) in [4.78, 5) is 15.8. The highest BCUT2D eigenvalue weighted by Gasteiger charge is 2.39. The molecule has 3 rings (SSSR count). The van der Waals surface area contributed by atoms with Gasteiger partial charge in [-0.2, -0.15) is 0 Å². The SMILES string of the molecule is CCC1(NC(=O)O)N=c2ccc(Cl)cc2=C1c1ccccc1F. The normalized spacial score (nSPS) is 19.2. The Hall–Kier alpha value is -2.40. The Morgan fingerprint density at radius 2 is 2.09 bits per heavy atom. The van der Waals surface area contributed by atoms with Crippen LogP contribution in [0.25, 0.3) is 5.57 Å². The number of benzene rings is 2. The standard InChI is InChI=1S/C17H14ClFN2O2/c1-2-17(21-16(22)23)15(11-5-3-4-6-13(11)19)12-9-10(18)7-8-14(12)20-17/h3-9,21H,2H2,1H3,(H,22,23). The van der Waals surface area contributed by atoms with Crippen LogP contribution in [0.2, 0.25) is 5.02 Å². The third-order valence-corrected chi connectivity index (χ3v) is 4.16. The molecule has 118 valence electrons. The Morgan fingerprint density at radius 3 is 2.74 bits per heavy atom. The highest BCUT2D eigenvalue weighted by Crippen LogP contribution is 2.32. The lowest BCUT2D eigenvalue weighted by molar-refractivity contribution is 0.184. The minimum absolute atomic E-state index is 0.313. The van der Waals surface area contributed by atoms with Crippen molar-refractivity contribution >= 4 is 23.3 Å². The van der Waals surface area contributed by atoms with Crippen molar-refractivity contribution in [3.63, 3.8) is 0 Å². The van der Waals surface area contributed by atoms with Crippen molar-refractivity contribution in [2.45, 2.75) is 19.0 Å². The molecule has 4 nitrogen and oxygen atoms in total. The molecule has 0 fully saturated rings. The van der Waals surface area contributed by atoms with Gasteiger partial charge in [-0.05, 0) is 30.7 Å². The molecule has 6 heteroatoms. The molecular weight excluding hydrogens is 319 g/mol. The van der Waals surface area contributed by atoms with Gasteiger partial charge in [0.25, 0.3) is 0 Å². The molecule has 0 radical (unpaired) electrons. The fourth-order valence-electron chi connectivity index (χ4n) is 2.93. The van der Waals surface area contributed by atoms with Gasteiger partial charge >= 0.3 is 6.09 Å². The van der Waals surface area contributed by atoms with E-state index in [0.717, 1.165) is 0 Å². The number of carbonyl (C=O) groups is 1. The number of hydrogen-bond donors (Lipinski definition) is 2. The van der Waals surface area contributed by atoms with Gasteiger partial charge < -0.3 is 5.11 Å². The number of nitrogens with one attached hydrogen (secondary N) is 1. The molecule has 2 N–H and O–H groups in total. The van der Waals surface area contributed by atoms with Gasteiger partial charge in [0.05, 0.1) is 5.36 Å². The first-order valence-electron chi connectivity index (χ1n) is 7.13. The maximum atomic E-state index is 14.4. The molecule has 1 aliphatic heterocycles. The summed E-state index contributed by atoms with van der Waals surface area (Å²) in [7, 11) is 0. The van der Waals surface area contributed by atoms with E-state index in [0.29, 0.717) is 33.2 Å². The molecule has 1 amide bonds. The van der Waals surface area contributed by atoms with E-state index in [4.69, 9.17) is 11.6 Å². The molecule has 1 aliphatic rings. The van der Waals surface area contributed by atoms with Crippen LogP contribution in [0.3, 0.4) is 0 Å². The zero-order chi connectivity index (χ0) is 16.6. The number of fused-ring (bicyclic) bond motifs is 1. The Kier molecular flexibility index (Phi) is 3.82. The zero-order valence-electron chi connectivity index (χ0n) is 12.3. The molecule has 0 spiro atoms. The number of amides is 1. The number of carboxylic acid groups (broad SMARTS) is 1. The average molecular weight is 333 g/mol. The second-order valence-electron chi connectivity index (χ2n) is 5.27. The van der Waals surface area contributed by atoms with Crippen LogP contribution in [0.1, 0.15) is 18.9 Å². The van der Waals surface area contributed by atoms with Gasteiger partial charge in [-0.25, -0.2) is 9.18 Å². The number of halogens is 2. The minimum atomic E-state index is -1.24. The van der Waals surface area contributed by atoms with Crippen molar-refractivity contribution < 1.29 is 14.3 Å². The second kappa shape index (κ2) is 5.66. The molecule has 1 atom stereocenters. The molecule has 2 aromatic rings. The molecule has 0 bridgehead atoms. The van der Waals surface area contributed by atoms with E-state index in [-0.39, 0.29) is 0 Å². The molecule has 0 saturated heterocycles. The molecule has 0 aromatic heterocycles. The van der Waals surface area contributed by atoms with Crippen molar-refractivity contribution in [3.8, 4) is 0 Å². The average Bonchev–Trinajstić information content (AvgIpc) is 2.81. The summed E-state index contributed by atoms with van der Waals surface area (Å²) in [6.07, 6.45) is -0.877. The smallest absolute Gasteiger partial charge is 0.406 e. The third-order valence-electron chi connectivity index (χ3n) is 3.92. The van der Waals surface area contributed by atoms with Gasteiger partial charge in [0, 0.05) is 21.4 Å². The van der Waals surface area contributed by atoms with Gasteiger partial charge in [-0.15, -0.1) is 0 Å². The maximum Gasteiger partial charge on any atom is 0.406 e. The molecule has 23 heavy (non-hydrogen) atoms. The van der Waals surface area contributed by atoms with Crippen molar-refractivity contribution in [1.29, 1.82) is 0 Å². The lowest BCUT2D eigenvalue weighted by Crippen LogP contribution is -2.47. The quantitative estimate of drug-likeness (QED) is 0.907. The molecule has 1 unspecified atom stereocenters. The molecule has 0 aliphatic carbocycles. The zero-order valence-corrected chi connectivity index (χ0v) is 13.1. The lowest BCUT2D eigenvalue weighted by Gasteiger charge is -2.29. The molecule has 2 aromatic carbocycles. The Morgan fingerprint density at radius 1 is 1.35 bits per heavy atom. The van der Waals surface area contributed by atoms with Crippen molar-refractivity contribution in [2.24, 2.45) is 4.99 Å². The highest BCUT2D eigenvalue weighted by atomic mass is 35.5. The van der Waals surface area contributed by atoms with Crippen molar-refractivity contribution in [2.75, 3.05) is 0 Å². The monoisotopic (exact) mass is 332 g/mol. The maximum absolute atomic E-state index is 14.4. The number of rotatable bonds is 3. The molecular formula is C17H14ClFN2O2. The first-order valence-corrected chi connectivity index (χ1v) is 7.51. The number of nitrogens with zero attached hydrogens (tertiary/aromatic N) is 1. The summed E-state index contributed by atoms with van der Waals surface area (Å²) < 4.78 is 14.4. The summed E-state index contributed by atoms with van der Waals surface area (Å²) in [6.45, 7) is 1.80. The van der Waals surface area contributed by atoms with Crippen molar-refractivity contribution in [3.05, 3.63) is 69.4 Å². The van der Waals surface area contributed by atoms with E-state index in [2.05, 4.69) is 10.3 Å². The molecule has 1 heterocycles. The van der Waals surface area contributed by atoms with Gasteiger partial charge in [-0.3, -0.25) is 10.3 Å². The van der Waals surface area contributed by atoms with Gasteiger partial charge in [0.15, 0.2) is 5.66 Å².